The van der Waals surface area contributed by atoms with Crippen molar-refractivity contribution in [1.29, 1.82) is 0 Å². The quantitative estimate of drug-likeness (QED) is 0.590. The molecule has 1 heterocycles. The van der Waals surface area contributed by atoms with Gasteiger partial charge in [-0.15, -0.1) is 0 Å². The Balaban J connectivity index is 1.76. The highest BCUT2D eigenvalue weighted by Crippen LogP contribution is 2.25. The lowest BCUT2D eigenvalue weighted by atomic mass is 10.2. The van der Waals surface area contributed by atoms with Gasteiger partial charge in [0.1, 0.15) is 23.8 Å². The van der Waals surface area contributed by atoms with Crippen molar-refractivity contribution in [1.82, 2.24) is 5.32 Å². The molecule has 0 atom stereocenters. The number of carbonyl (C=O) groups is 2. The topological polar surface area (TPSA) is 90.9 Å². The number of nitrogens with zero attached hydrogens (tertiary/aromatic N) is 1. The van der Waals surface area contributed by atoms with Crippen molar-refractivity contribution in [3.8, 4) is 11.5 Å². The van der Waals surface area contributed by atoms with Crippen LogP contribution in [0.15, 0.2) is 54.2 Å². The number of anilines is 1. The second-order valence-electron chi connectivity index (χ2n) is 5.56. The van der Waals surface area contributed by atoms with Crippen LogP contribution in [0.4, 0.5) is 5.69 Å². The molecule has 8 heteroatoms. The zero-order chi connectivity index (χ0) is 19.4. The maximum atomic E-state index is 12.7. The van der Waals surface area contributed by atoms with Crippen molar-refractivity contribution >= 4 is 41.0 Å². The van der Waals surface area contributed by atoms with Crippen molar-refractivity contribution in [2.24, 2.45) is 0 Å². The number of carboxylic acids is 1. The predicted octanol–water partition coefficient (Wildman–Crippen LogP) is 1.09. The van der Waals surface area contributed by atoms with E-state index < -0.39 is 12.6 Å². The normalized spacial score (nSPS) is 15.0. The van der Waals surface area contributed by atoms with Crippen molar-refractivity contribution < 1.29 is 24.2 Å². The Labute approximate surface area is 160 Å². The summed E-state index contributed by atoms with van der Waals surface area (Å²) in [6, 6.07) is 13.6. The molecular formula is C19H15N2O5S-. The third-order valence-electron chi connectivity index (χ3n) is 3.76. The second kappa shape index (κ2) is 7.88. The third-order valence-corrected chi connectivity index (χ3v) is 4.04. The average molecular weight is 383 g/mol. The van der Waals surface area contributed by atoms with Gasteiger partial charge in [-0.1, -0.05) is 12.1 Å². The number of nitrogens with one attached hydrogen (secondary N) is 1. The highest BCUT2D eigenvalue weighted by Gasteiger charge is 2.31. The summed E-state index contributed by atoms with van der Waals surface area (Å²) in [7, 11) is 1.57. The van der Waals surface area contributed by atoms with Crippen LogP contribution in [0.1, 0.15) is 5.56 Å². The molecule has 7 nitrogen and oxygen atoms in total. The first-order valence-electron chi connectivity index (χ1n) is 7.92. The zero-order valence-electron chi connectivity index (χ0n) is 14.3. The van der Waals surface area contributed by atoms with Crippen LogP contribution in [0.5, 0.6) is 11.5 Å². The number of benzene rings is 2. The Bertz CT molecular complexity index is 907. The van der Waals surface area contributed by atoms with E-state index in [0.29, 0.717) is 22.9 Å². The van der Waals surface area contributed by atoms with E-state index in [9.17, 15) is 14.7 Å². The fourth-order valence-electron chi connectivity index (χ4n) is 2.47. The van der Waals surface area contributed by atoms with E-state index in [0.717, 1.165) is 5.56 Å². The molecule has 0 aliphatic carbocycles. The molecule has 0 bridgehead atoms. The van der Waals surface area contributed by atoms with Crippen LogP contribution in [0.25, 0.3) is 6.08 Å². The summed E-state index contributed by atoms with van der Waals surface area (Å²) in [5.41, 5.74) is 1.69. The van der Waals surface area contributed by atoms with Crippen LogP contribution in [0.3, 0.4) is 0 Å². The fourth-order valence-corrected chi connectivity index (χ4v) is 2.77. The predicted molar refractivity (Wildman–Crippen MR) is 101 cm³/mol. The minimum atomic E-state index is -1.30. The van der Waals surface area contributed by atoms with Gasteiger partial charge in [0.25, 0.3) is 5.91 Å². The van der Waals surface area contributed by atoms with Gasteiger partial charge in [-0.05, 0) is 60.3 Å². The minimum Gasteiger partial charge on any atom is -0.546 e. The van der Waals surface area contributed by atoms with E-state index in [1.54, 1.807) is 61.7 Å². The molecule has 0 radical (unpaired) electrons. The molecule has 27 heavy (non-hydrogen) atoms. The highest BCUT2D eigenvalue weighted by atomic mass is 32.1. The Morgan fingerprint density at radius 3 is 2.37 bits per heavy atom. The first-order chi connectivity index (χ1) is 13.0. The number of carboxylic acid groups (broad SMARTS) is 1. The van der Waals surface area contributed by atoms with Gasteiger partial charge in [0.2, 0.25) is 0 Å². The molecule has 1 amide bonds. The van der Waals surface area contributed by atoms with Gasteiger partial charge in [0.05, 0.1) is 18.8 Å². The lowest BCUT2D eigenvalue weighted by molar-refractivity contribution is -0.307. The minimum absolute atomic E-state index is 0.276. The molecule has 2 aromatic rings. The van der Waals surface area contributed by atoms with Gasteiger partial charge in [-0.25, -0.2) is 0 Å². The summed E-state index contributed by atoms with van der Waals surface area (Å²) >= 11 is 5.27. The number of methoxy groups -OCH3 is 1. The van der Waals surface area contributed by atoms with Crippen LogP contribution in [-0.2, 0) is 9.59 Å². The number of thiocarbonyl (C=S) groups is 1. The van der Waals surface area contributed by atoms with Gasteiger partial charge in [-0.2, -0.15) is 0 Å². The van der Waals surface area contributed by atoms with Crippen LogP contribution >= 0.6 is 12.2 Å². The molecule has 1 saturated heterocycles. The summed E-state index contributed by atoms with van der Waals surface area (Å²) in [5, 5.41) is 13.6. The average Bonchev–Trinajstić information content (AvgIpc) is 2.94. The molecular weight excluding hydrogens is 368 g/mol. The van der Waals surface area contributed by atoms with E-state index in [2.05, 4.69) is 5.32 Å². The first kappa shape index (κ1) is 18.4. The molecule has 0 unspecified atom stereocenters. The molecule has 0 saturated carbocycles. The van der Waals surface area contributed by atoms with Gasteiger partial charge in [0, 0.05) is 0 Å². The number of carbonyl (C=O) groups excluding carboxylic acids is 2. The molecule has 0 aromatic heterocycles. The molecule has 0 spiro atoms. The summed E-state index contributed by atoms with van der Waals surface area (Å²) < 4.78 is 10.1. The van der Waals surface area contributed by atoms with Crippen LogP contribution in [0.2, 0.25) is 0 Å². The molecule has 2 aromatic carbocycles. The summed E-state index contributed by atoms with van der Waals surface area (Å²) in [5.74, 6) is -0.500. The van der Waals surface area contributed by atoms with Gasteiger partial charge >= 0.3 is 0 Å². The number of ether oxygens (including phenoxy) is 2. The fraction of sp³-hybridized carbons (Fsp3) is 0.105. The monoisotopic (exact) mass is 383 g/mol. The maximum absolute atomic E-state index is 12.7. The van der Waals surface area contributed by atoms with E-state index in [1.165, 1.54) is 4.90 Å². The van der Waals surface area contributed by atoms with Gasteiger partial charge in [-0.3, -0.25) is 9.69 Å². The number of rotatable bonds is 6. The SMILES string of the molecule is COc1ccc(N2C(=O)/C(=C/c3ccc(OCC(=O)[O-])cc3)NC2=S)cc1. The van der Waals surface area contributed by atoms with Crippen molar-refractivity contribution in [2.45, 2.75) is 0 Å². The van der Waals surface area contributed by atoms with Crippen LogP contribution < -0.4 is 24.8 Å². The standard InChI is InChI=1S/C19H16N2O5S/c1-25-14-8-4-13(5-9-14)21-18(24)16(20-19(21)27)10-12-2-6-15(7-3-12)26-11-17(22)23/h2-10H,11H2,1H3,(H,20,27)(H,22,23)/p-1/b16-10-. The number of hydrogen-bond donors (Lipinski definition) is 1. The molecule has 1 aliphatic rings. The number of hydrogen-bond acceptors (Lipinski definition) is 6. The van der Waals surface area contributed by atoms with Crippen molar-refractivity contribution in [3.05, 3.63) is 59.8 Å². The summed E-state index contributed by atoms with van der Waals surface area (Å²) in [4.78, 5) is 24.5. The lowest BCUT2D eigenvalue weighted by Gasteiger charge is -2.14. The van der Waals surface area contributed by atoms with E-state index in [4.69, 9.17) is 21.7 Å². The van der Waals surface area contributed by atoms with Crippen LogP contribution in [0, 0.1) is 0 Å². The highest BCUT2D eigenvalue weighted by molar-refractivity contribution is 7.80. The van der Waals surface area contributed by atoms with E-state index in [1.807, 2.05) is 0 Å². The molecule has 1 fully saturated rings. The maximum Gasteiger partial charge on any atom is 0.281 e. The van der Waals surface area contributed by atoms with Gasteiger partial charge < -0.3 is 24.7 Å². The Morgan fingerprint density at radius 1 is 1.15 bits per heavy atom. The molecule has 138 valence electrons. The van der Waals surface area contributed by atoms with E-state index in [-0.39, 0.29) is 11.0 Å². The third kappa shape index (κ3) is 4.24. The van der Waals surface area contributed by atoms with Crippen molar-refractivity contribution in [2.75, 3.05) is 18.6 Å². The lowest BCUT2D eigenvalue weighted by Crippen LogP contribution is -2.30. The van der Waals surface area contributed by atoms with Gasteiger partial charge in [0.15, 0.2) is 5.11 Å². The molecule has 3 rings (SSSR count). The Kier molecular flexibility index (Phi) is 5.37. The number of amides is 1. The summed E-state index contributed by atoms with van der Waals surface area (Å²) in [6.07, 6.45) is 1.65. The van der Waals surface area contributed by atoms with Crippen molar-refractivity contribution in [3.63, 3.8) is 0 Å². The second-order valence-corrected chi connectivity index (χ2v) is 5.94. The zero-order valence-corrected chi connectivity index (χ0v) is 15.1. The number of aliphatic carboxylic acids is 1. The summed E-state index contributed by atoms with van der Waals surface area (Å²) in [6.45, 7) is -0.522. The first-order valence-corrected chi connectivity index (χ1v) is 8.32. The van der Waals surface area contributed by atoms with E-state index >= 15 is 0 Å². The molecule has 1 aliphatic heterocycles. The smallest absolute Gasteiger partial charge is 0.281 e. The Morgan fingerprint density at radius 2 is 1.78 bits per heavy atom. The van der Waals surface area contributed by atoms with Crippen LogP contribution in [-0.4, -0.2) is 30.7 Å². The molecule has 1 N–H and O–H groups in total. The Hall–Kier alpha value is -3.39. The largest absolute Gasteiger partial charge is 0.546 e.